The van der Waals surface area contributed by atoms with Crippen molar-refractivity contribution < 1.29 is 52.0 Å². The summed E-state index contributed by atoms with van der Waals surface area (Å²) < 4.78 is 34.0. The summed E-state index contributed by atoms with van der Waals surface area (Å²) in [7, 11) is -4.62. The van der Waals surface area contributed by atoms with E-state index in [0.29, 0.717) is 32.2 Å². The largest absolute Gasteiger partial charge is 0.472 e. The average molecular weight is 1040 g/mol. The first-order valence-corrected chi connectivity index (χ1v) is 30.8. The van der Waals surface area contributed by atoms with Crippen molar-refractivity contribution in [3.8, 4) is 0 Å². The lowest BCUT2D eigenvalue weighted by Gasteiger charge is -2.20. The Balaban J connectivity index is 4.56. The minimum absolute atomic E-state index is 0.0559. The van der Waals surface area contributed by atoms with Crippen molar-refractivity contribution in [2.45, 2.75) is 284 Å². The van der Waals surface area contributed by atoms with Crippen LogP contribution in [0.25, 0.3) is 0 Å². The summed E-state index contributed by atoms with van der Waals surface area (Å²) in [6.45, 7) is 5.51. The lowest BCUT2D eigenvalue weighted by Crippen LogP contribution is -2.30. The third kappa shape index (κ3) is 53.4. The van der Waals surface area contributed by atoms with Gasteiger partial charge in [0, 0.05) is 45.2 Å². The van der Waals surface area contributed by atoms with Gasteiger partial charge in [0.25, 0.3) is 0 Å². The number of Topliss-reactive ketones (excluding diaryl/α,β-unsaturated/α-hetero) is 1. The fourth-order valence-electron chi connectivity index (χ4n) is 8.24. The maximum atomic E-state index is 12.8. The van der Waals surface area contributed by atoms with E-state index < -0.39 is 32.5 Å². The molecule has 2 atom stereocenters. The van der Waals surface area contributed by atoms with Crippen LogP contribution in [0.1, 0.15) is 278 Å². The number of amides is 2. The minimum Gasteiger partial charge on any atom is -0.462 e. The number of phosphoric acid groups is 1. The maximum Gasteiger partial charge on any atom is 0.472 e. The number of allylic oxidation sites excluding steroid dienone is 4. The summed E-state index contributed by atoms with van der Waals surface area (Å²) in [5.74, 6) is -1.10. The number of unbranched alkanes of at least 4 members (excludes halogenated alkanes) is 29. The second-order valence-electron chi connectivity index (χ2n) is 19.9. The van der Waals surface area contributed by atoms with Crippen LogP contribution in [0, 0.1) is 0 Å². The molecule has 0 saturated carbocycles. The topological polar surface area (TPSA) is 184 Å². The molecule has 0 aliphatic rings. The van der Waals surface area contributed by atoms with Gasteiger partial charge in [-0.15, -0.1) is 0 Å². The van der Waals surface area contributed by atoms with Gasteiger partial charge in [0.1, 0.15) is 12.4 Å². The van der Waals surface area contributed by atoms with Gasteiger partial charge >= 0.3 is 19.8 Å². The molecule has 14 heteroatoms. The van der Waals surface area contributed by atoms with Gasteiger partial charge < -0.3 is 29.8 Å². The highest BCUT2D eigenvalue weighted by atomic mass is 31.2. The molecule has 72 heavy (non-hydrogen) atoms. The molecule has 0 aliphatic heterocycles. The first-order valence-electron chi connectivity index (χ1n) is 29.3. The van der Waals surface area contributed by atoms with Crippen molar-refractivity contribution >= 4 is 37.4 Å². The zero-order valence-electron chi connectivity index (χ0n) is 46.2. The zero-order valence-corrected chi connectivity index (χ0v) is 47.1. The molecule has 0 fully saturated rings. The Morgan fingerprint density at radius 3 is 1.29 bits per heavy atom. The Bertz CT molecular complexity index is 1420. The number of hydrogen-bond donors (Lipinski definition) is 3. The molecule has 0 aromatic heterocycles. The molecule has 3 N–H and O–H groups in total. The summed E-state index contributed by atoms with van der Waals surface area (Å²) in [6.07, 6.45) is 48.3. The summed E-state index contributed by atoms with van der Waals surface area (Å²) in [4.78, 5) is 71.4. The van der Waals surface area contributed by atoms with Crippen molar-refractivity contribution in [2.75, 3.05) is 32.9 Å². The van der Waals surface area contributed by atoms with Crippen LogP contribution in [0.15, 0.2) is 24.3 Å². The molecular formula is C58H107N2O11P. The molecule has 2 unspecified atom stereocenters. The fourth-order valence-corrected chi connectivity index (χ4v) is 8.99. The maximum absolute atomic E-state index is 12.8. The highest BCUT2D eigenvalue weighted by Gasteiger charge is 2.26. The molecular weight excluding hydrogens is 932 g/mol. The van der Waals surface area contributed by atoms with E-state index in [-0.39, 0.29) is 63.0 Å². The lowest BCUT2D eigenvalue weighted by atomic mass is 10.1. The summed E-state index contributed by atoms with van der Waals surface area (Å²) in [5.41, 5.74) is 0. The van der Waals surface area contributed by atoms with Crippen LogP contribution in [0.3, 0.4) is 0 Å². The van der Waals surface area contributed by atoms with Crippen molar-refractivity contribution in [2.24, 2.45) is 0 Å². The van der Waals surface area contributed by atoms with E-state index in [0.717, 1.165) is 122 Å². The lowest BCUT2D eigenvalue weighted by molar-refractivity contribution is -0.161. The number of rotatable bonds is 55. The van der Waals surface area contributed by atoms with Crippen molar-refractivity contribution in [3.05, 3.63) is 24.3 Å². The van der Waals surface area contributed by atoms with E-state index in [1.807, 2.05) is 0 Å². The van der Waals surface area contributed by atoms with Crippen molar-refractivity contribution in [1.29, 1.82) is 0 Å². The van der Waals surface area contributed by atoms with Gasteiger partial charge in [-0.05, 0) is 90.4 Å². The predicted molar refractivity (Wildman–Crippen MR) is 294 cm³/mol. The van der Waals surface area contributed by atoms with Gasteiger partial charge in [0.05, 0.1) is 13.2 Å². The normalized spacial score (nSPS) is 12.8. The molecule has 13 nitrogen and oxygen atoms in total. The van der Waals surface area contributed by atoms with E-state index in [4.69, 9.17) is 18.5 Å². The molecule has 0 aromatic rings. The number of carbonyl (C=O) groups is 5. The van der Waals surface area contributed by atoms with Crippen LogP contribution in [0.4, 0.5) is 0 Å². The SMILES string of the molecule is CCCCCCCCC=CCCCCCCCC(=O)OCC(COP(=O)(O)OCCNC(=O)CCCC(=O)NCCCCCCCCCCC(C)=O)OC(=O)CCCCCCCC=CCCCCCCCC. The molecule has 0 bridgehead atoms. The summed E-state index contributed by atoms with van der Waals surface area (Å²) >= 11 is 0. The van der Waals surface area contributed by atoms with E-state index in [1.165, 1.54) is 83.5 Å². The number of carbonyl (C=O) groups excluding carboxylic acids is 5. The molecule has 0 spiro atoms. The van der Waals surface area contributed by atoms with E-state index in [2.05, 4.69) is 48.8 Å². The van der Waals surface area contributed by atoms with Crippen LogP contribution in [-0.4, -0.2) is 73.4 Å². The van der Waals surface area contributed by atoms with Crippen molar-refractivity contribution in [1.82, 2.24) is 10.6 Å². The van der Waals surface area contributed by atoms with Crippen LogP contribution in [0.2, 0.25) is 0 Å². The van der Waals surface area contributed by atoms with E-state index >= 15 is 0 Å². The van der Waals surface area contributed by atoms with Crippen LogP contribution in [-0.2, 0) is 47.1 Å². The van der Waals surface area contributed by atoms with Crippen LogP contribution >= 0.6 is 7.82 Å². The van der Waals surface area contributed by atoms with Gasteiger partial charge in [-0.25, -0.2) is 4.57 Å². The minimum atomic E-state index is -4.62. The molecule has 0 rings (SSSR count). The van der Waals surface area contributed by atoms with Gasteiger partial charge in [0.15, 0.2) is 6.10 Å². The standard InChI is InChI=1S/C58H107N2O11P/c1-4-6-8-10-12-14-16-18-20-22-24-26-31-35-39-46-57(64)68-51-54(71-58(65)47-40-36-32-27-25-23-21-19-17-15-13-11-9-7-5-2)52-70-72(66,67)69-50-49-60-56(63)45-42-44-55(62)59-48-41-37-33-29-28-30-34-38-43-53(3)61/h18-21,54H,4-17,22-52H2,1-3H3,(H,59,62)(H,60,63)(H,66,67). The second kappa shape index (κ2) is 53.0. The fraction of sp³-hybridized carbons (Fsp3) is 0.845. The van der Waals surface area contributed by atoms with Gasteiger partial charge in [0.2, 0.25) is 11.8 Å². The third-order valence-corrected chi connectivity index (χ3v) is 13.7. The molecule has 420 valence electrons. The highest BCUT2D eigenvalue weighted by Crippen LogP contribution is 2.43. The first kappa shape index (κ1) is 69.1. The number of ether oxygens (including phenoxy) is 2. The number of ketones is 1. The van der Waals surface area contributed by atoms with Gasteiger partial charge in [-0.1, -0.05) is 179 Å². The van der Waals surface area contributed by atoms with E-state index in [9.17, 15) is 33.4 Å². The first-order chi connectivity index (χ1) is 35.0. The van der Waals surface area contributed by atoms with Gasteiger partial charge in [-0.2, -0.15) is 0 Å². The Hall–Kier alpha value is -2.86. The quantitative estimate of drug-likeness (QED) is 0.0228. The Labute approximate surface area is 439 Å². The smallest absolute Gasteiger partial charge is 0.462 e. The molecule has 0 radical (unpaired) electrons. The molecule has 2 amide bonds. The summed E-state index contributed by atoms with van der Waals surface area (Å²) in [5, 5.41) is 5.52. The summed E-state index contributed by atoms with van der Waals surface area (Å²) in [6, 6.07) is 0. The Morgan fingerprint density at radius 2 is 0.833 bits per heavy atom. The molecule has 0 aromatic carbocycles. The Morgan fingerprint density at radius 1 is 0.444 bits per heavy atom. The highest BCUT2D eigenvalue weighted by molar-refractivity contribution is 7.47. The number of esters is 2. The zero-order chi connectivity index (χ0) is 52.9. The average Bonchev–Trinajstić information content (AvgIpc) is 3.35. The number of nitrogens with one attached hydrogen (secondary N) is 2. The second-order valence-corrected chi connectivity index (χ2v) is 21.3. The monoisotopic (exact) mass is 1040 g/mol. The predicted octanol–water partition coefficient (Wildman–Crippen LogP) is 15.2. The number of hydrogen-bond acceptors (Lipinski definition) is 10. The van der Waals surface area contributed by atoms with Gasteiger partial charge in [-0.3, -0.25) is 28.2 Å². The molecule has 0 saturated heterocycles. The third-order valence-electron chi connectivity index (χ3n) is 12.7. The van der Waals surface area contributed by atoms with Crippen molar-refractivity contribution in [3.63, 3.8) is 0 Å². The Kier molecular flexibility index (Phi) is 50.9. The van der Waals surface area contributed by atoms with E-state index in [1.54, 1.807) is 6.92 Å². The van der Waals surface area contributed by atoms with Crippen LogP contribution in [0.5, 0.6) is 0 Å². The number of phosphoric ester groups is 1. The molecule has 0 aliphatic carbocycles. The molecule has 0 heterocycles. The van der Waals surface area contributed by atoms with Crippen LogP contribution < -0.4 is 10.6 Å².